The van der Waals surface area contributed by atoms with E-state index in [1.165, 1.54) is 0 Å². The molecule has 0 saturated carbocycles. The average Bonchev–Trinajstić information content (AvgIpc) is 2.74. The number of fused-ring (bicyclic) bond motifs is 2. The largest absolute Gasteiger partial charge is 0.369 e. The molecule has 6 heteroatoms. The van der Waals surface area contributed by atoms with Crippen LogP contribution in [-0.4, -0.2) is 23.9 Å². The number of unbranched alkanes of at least 4 members (excludes halogenated alkanes) is 2. The van der Waals surface area contributed by atoms with Gasteiger partial charge in [-0.1, -0.05) is 63.8 Å². The Balaban J connectivity index is 1.97. The van der Waals surface area contributed by atoms with Crippen molar-refractivity contribution in [3.63, 3.8) is 0 Å². The highest BCUT2D eigenvalue weighted by molar-refractivity contribution is 6.31. The number of nitrogens with two attached hydrogens (primary N) is 2. The predicted molar refractivity (Wildman–Crippen MR) is 122 cm³/mol. The fourth-order valence-corrected chi connectivity index (χ4v) is 3.87. The second-order valence-electron chi connectivity index (χ2n) is 7.90. The first-order valence-electron chi connectivity index (χ1n) is 10.9. The number of carbonyl (C=O) groups is 2. The minimum Gasteiger partial charge on any atom is -0.369 e. The summed E-state index contributed by atoms with van der Waals surface area (Å²) in [6.45, 7) is 4.21. The van der Waals surface area contributed by atoms with Crippen molar-refractivity contribution in [1.29, 1.82) is 0 Å². The van der Waals surface area contributed by atoms with Gasteiger partial charge in [0.15, 0.2) is 11.6 Å². The number of ketones is 2. The lowest BCUT2D eigenvalue weighted by Gasteiger charge is -2.25. The number of hydrogen-bond donors (Lipinski definition) is 4. The van der Waals surface area contributed by atoms with Gasteiger partial charge in [-0.3, -0.25) is 9.59 Å². The molecule has 0 radical (unpaired) electrons. The normalized spacial score (nSPS) is 14.7. The molecule has 0 aliphatic heterocycles. The lowest BCUT2D eigenvalue weighted by Crippen LogP contribution is -2.33. The van der Waals surface area contributed by atoms with Gasteiger partial charge in [0, 0.05) is 22.5 Å². The highest BCUT2D eigenvalue weighted by Gasteiger charge is 2.34. The Morgan fingerprint density at radius 1 is 0.733 bits per heavy atom. The SMILES string of the molecule is CCCCC(N)Nc1cccc2c1C(=O)c1c(NC(N)CCCC)cccc1C2=O. The van der Waals surface area contributed by atoms with Crippen LogP contribution in [0.25, 0.3) is 0 Å². The van der Waals surface area contributed by atoms with Gasteiger partial charge in [-0.25, -0.2) is 0 Å². The Bertz CT molecular complexity index is 854. The monoisotopic (exact) mass is 408 g/mol. The van der Waals surface area contributed by atoms with Gasteiger partial charge in [0.05, 0.1) is 23.5 Å². The van der Waals surface area contributed by atoms with Crippen molar-refractivity contribution in [2.45, 2.75) is 64.7 Å². The van der Waals surface area contributed by atoms with Gasteiger partial charge in [-0.05, 0) is 25.0 Å². The number of benzene rings is 2. The van der Waals surface area contributed by atoms with Crippen molar-refractivity contribution < 1.29 is 9.59 Å². The molecule has 0 heterocycles. The first kappa shape index (κ1) is 22.0. The Morgan fingerprint density at radius 2 is 1.17 bits per heavy atom. The average molecular weight is 409 g/mol. The van der Waals surface area contributed by atoms with Crippen molar-refractivity contribution in [3.8, 4) is 0 Å². The van der Waals surface area contributed by atoms with E-state index in [1.807, 2.05) is 12.1 Å². The van der Waals surface area contributed by atoms with Crippen molar-refractivity contribution in [3.05, 3.63) is 58.7 Å². The van der Waals surface area contributed by atoms with Crippen molar-refractivity contribution in [2.24, 2.45) is 11.5 Å². The Labute approximate surface area is 178 Å². The van der Waals surface area contributed by atoms with E-state index in [0.29, 0.717) is 33.6 Å². The summed E-state index contributed by atoms with van der Waals surface area (Å²) in [5.41, 5.74) is 15.2. The molecule has 6 nitrogen and oxygen atoms in total. The lowest BCUT2D eigenvalue weighted by molar-refractivity contribution is 0.0980. The van der Waals surface area contributed by atoms with Crippen molar-refractivity contribution >= 4 is 22.9 Å². The van der Waals surface area contributed by atoms with Crippen molar-refractivity contribution in [1.82, 2.24) is 0 Å². The highest BCUT2D eigenvalue weighted by atomic mass is 16.1. The van der Waals surface area contributed by atoms with Crippen LogP contribution < -0.4 is 22.1 Å². The van der Waals surface area contributed by atoms with Crippen LogP contribution in [0.5, 0.6) is 0 Å². The standard InChI is InChI=1S/C24H32N4O2/c1-3-5-13-19(25)27-17-11-7-9-15-21(17)24(30)22-16(23(15)29)10-8-12-18(22)28-20(26)14-6-4-2/h7-12,19-20,27-28H,3-6,13-14,25-26H2,1-2H3. The second-order valence-corrected chi connectivity index (χ2v) is 7.90. The maximum absolute atomic E-state index is 13.6. The molecule has 6 N–H and O–H groups in total. The predicted octanol–water partition coefficient (Wildman–Crippen LogP) is 4.24. The van der Waals surface area contributed by atoms with E-state index in [-0.39, 0.29) is 23.9 Å². The zero-order valence-corrected chi connectivity index (χ0v) is 17.8. The summed E-state index contributed by atoms with van der Waals surface area (Å²) in [4.78, 5) is 26.8. The van der Waals surface area contributed by atoms with Gasteiger partial charge in [-0.15, -0.1) is 0 Å². The summed E-state index contributed by atoms with van der Waals surface area (Å²) in [6, 6.07) is 10.6. The molecule has 30 heavy (non-hydrogen) atoms. The first-order valence-corrected chi connectivity index (χ1v) is 10.9. The molecule has 2 unspecified atom stereocenters. The van der Waals surface area contributed by atoms with Crippen LogP contribution in [0.4, 0.5) is 11.4 Å². The zero-order valence-electron chi connectivity index (χ0n) is 17.8. The van der Waals surface area contributed by atoms with Crippen LogP contribution >= 0.6 is 0 Å². The molecule has 3 rings (SSSR count). The Morgan fingerprint density at radius 3 is 1.57 bits per heavy atom. The molecule has 2 aromatic carbocycles. The van der Waals surface area contributed by atoms with E-state index in [4.69, 9.17) is 11.5 Å². The van der Waals surface area contributed by atoms with E-state index in [2.05, 4.69) is 24.5 Å². The van der Waals surface area contributed by atoms with Gasteiger partial charge in [-0.2, -0.15) is 0 Å². The van der Waals surface area contributed by atoms with Crippen molar-refractivity contribution in [2.75, 3.05) is 10.6 Å². The van der Waals surface area contributed by atoms with Gasteiger partial charge in [0.1, 0.15) is 0 Å². The molecule has 0 bridgehead atoms. The van der Waals surface area contributed by atoms with E-state index >= 15 is 0 Å². The van der Waals surface area contributed by atoms with Crippen LogP contribution in [0.15, 0.2) is 36.4 Å². The molecule has 0 amide bonds. The third kappa shape index (κ3) is 4.55. The van der Waals surface area contributed by atoms with Gasteiger partial charge < -0.3 is 22.1 Å². The minimum absolute atomic E-state index is 0.156. The molecular formula is C24H32N4O2. The molecule has 1 aliphatic rings. The lowest BCUT2D eigenvalue weighted by atomic mass is 9.82. The molecule has 0 saturated heterocycles. The van der Waals surface area contributed by atoms with Gasteiger partial charge >= 0.3 is 0 Å². The molecule has 2 aromatic rings. The van der Waals surface area contributed by atoms with Gasteiger partial charge in [0.2, 0.25) is 0 Å². The smallest absolute Gasteiger partial charge is 0.198 e. The van der Waals surface area contributed by atoms with Crippen LogP contribution in [0.3, 0.4) is 0 Å². The second kappa shape index (κ2) is 9.87. The molecule has 0 aromatic heterocycles. The summed E-state index contributed by atoms with van der Waals surface area (Å²) < 4.78 is 0. The van der Waals surface area contributed by atoms with Crippen LogP contribution in [0.2, 0.25) is 0 Å². The molecular weight excluding hydrogens is 376 g/mol. The first-order chi connectivity index (χ1) is 14.5. The highest BCUT2D eigenvalue weighted by Crippen LogP contribution is 2.35. The van der Waals surface area contributed by atoms with Crippen LogP contribution in [0.1, 0.15) is 84.2 Å². The third-order valence-corrected chi connectivity index (χ3v) is 5.49. The summed E-state index contributed by atoms with van der Waals surface area (Å²) >= 11 is 0. The minimum atomic E-state index is -0.281. The van der Waals surface area contributed by atoms with E-state index < -0.39 is 0 Å². The number of carbonyl (C=O) groups excluding carboxylic acids is 2. The maximum atomic E-state index is 13.6. The van der Waals surface area contributed by atoms with Gasteiger partial charge in [0.25, 0.3) is 0 Å². The Kier molecular flexibility index (Phi) is 7.24. The van der Waals surface area contributed by atoms with E-state index in [9.17, 15) is 9.59 Å². The van der Waals surface area contributed by atoms with E-state index in [1.54, 1.807) is 24.3 Å². The molecule has 2 atom stereocenters. The fourth-order valence-electron chi connectivity index (χ4n) is 3.87. The number of hydrogen-bond acceptors (Lipinski definition) is 6. The number of rotatable bonds is 10. The maximum Gasteiger partial charge on any atom is 0.198 e. The fraction of sp³-hybridized carbons (Fsp3) is 0.417. The molecule has 160 valence electrons. The topological polar surface area (TPSA) is 110 Å². The van der Waals surface area contributed by atoms with Crippen LogP contribution in [0, 0.1) is 0 Å². The number of anilines is 2. The van der Waals surface area contributed by atoms with Crippen LogP contribution in [-0.2, 0) is 0 Å². The third-order valence-electron chi connectivity index (χ3n) is 5.49. The molecule has 1 aliphatic carbocycles. The summed E-state index contributed by atoms with van der Waals surface area (Å²) in [6.07, 6.45) is 5.08. The molecule has 0 fully saturated rings. The summed E-state index contributed by atoms with van der Waals surface area (Å²) in [5, 5.41) is 6.47. The van der Waals surface area contributed by atoms with E-state index in [0.717, 1.165) is 38.5 Å². The quantitative estimate of drug-likeness (QED) is 0.374. The zero-order chi connectivity index (χ0) is 21.7. The number of nitrogens with one attached hydrogen (secondary N) is 2. The Hall–Kier alpha value is -2.70. The molecule has 0 spiro atoms. The summed E-state index contributed by atoms with van der Waals surface area (Å²) in [7, 11) is 0. The summed E-state index contributed by atoms with van der Waals surface area (Å²) in [5.74, 6) is -0.340.